The van der Waals surface area contributed by atoms with E-state index in [0.29, 0.717) is 29.5 Å². The molecule has 31 heavy (non-hydrogen) atoms. The van der Waals surface area contributed by atoms with Gasteiger partial charge in [-0.15, -0.1) is 0 Å². The number of hydrogen-bond donors (Lipinski definition) is 1. The lowest BCUT2D eigenvalue weighted by Crippen LogP contribution is -2.47. The lowest BCUT2D eigenvalue weighted by atomic mass is 9.82. The Morgan fingerprint density at radius 3 is 2.71 bits per heavy atom. The zero-order valence-corrected chi connectivity index (χ0v) is 17.5. The predicted octanol–water partition coefficient (Wildman–Crippen LogP) is 2.39. The number of anilines is 2. The molecule has 2 atom stereocenters. The van der Waals surface area contributed by atoms with Crippen LogP contribution in [0.25, 0.3) is 11.3 Å². The number of piperidine rings is 1. The van der Waals surface area contributed by atoms with E-state index >= 15 is 0 Å². The van der Waals surface area contributed by atoms with Gasteiger partial charge in [0.2, 0.25) is 0 Å². The molecule has 2 bridgehead atoms. The molecule has 0 spiro atoms. The third-order valence-electron chi connectivity index (χ3n) is 6.36. The molecule has 0 aromatic carbocycles. The molecule has 2 N–H and O–H groups in total. The Balaban J connectivity index is 1.52. The van der Waals surface area contributed by atoms with Crippen molar-refractivity contribution in [1.29, 1.82) is 5.26 Å². The third kappa shape index (κ3) is 3.32. The maximum atomic E-state index is 12.9. The van der Waals surface area contributed by atoms with Crippen molar-refractivity contribution in [3.8, 4) is 17.3 Å². The Morgan fingerprint density at radius 1 is 1.13 bits per heavy atom. The molecule has 0 radical (unpaired) electrons. The minimum Gasteiger partial charge on any atom is -0.384 e. The minimum absolute atomic E-state index is 0.00368. The van der Waals surface area contributed by atoms with Gasteiger partial charge in [-0.2, -0.15) is 5.26 Å². The normalized spacial score (nSPS) is 19.6. The molecular formula is C23H23N7O. The number of nitrogens with zero attached hydrogens (tertiary/aromatic N) is 6. The zero-order valence-electron chi connectivity index (χ0n) is 17.5. The first kappa shape index (κ1) is 19.2. The van der Waals surface area contributed by atoms with E-state index in [-0.39, 0.29) is 11.5 Å². The summed E-state index contributed by atoms with van der Waals surface area (Å²) < 4.78 is 1.91. The van der Waals surface area contributed by atoms with Crippen LogP contribution in [0.2, 0.25) is 0 Å². The smallest absolute Gasteiger partial charge is 0.251 e. The molecule has 2 aliphatic heterocycles. The van der Waals surface area contributed by atoms with Gasteiger partial charge in [0.05, 0.1) is 17.0 Å². The maximum absolute atomic E-state index is 12.9. The van der Waals surface area contributed by atoms with E-state index in [1.165, 1.54) is 6.33 Å². The fourth-order valence-electron chi connectivity index (χ4n) is 4.97. The molecule has 1 saturated heterocycles. The summed E-state index contributed by atoms with van der Waals surface area (Å²) in [6, 6.07) is 9.63. The highest BCUT2D eigenvalue weighted by Gasteiger charge is 2.35. The SMILES string of the molecule is Cc1cc(N2C[C@@H]3C[C@H](C2)c2cc(-c4cc(N)ncn4)cc(=O)n2C3)nc(C)c1C#N. The van der Waals surface area contributed by atoms with E-state index in [4.69, 9.17) is 10.7 Å². The van der Waals surface area contributed by atoms with Crippen molar-refractivity contribution >= 4 is 11.6 Å². The molecular weight excluding hydrogens is 390 g/mol. The number of rotatable bonds is 2. The Hall–Kier alpha value is -3.73. The average molecular weight is 413 g/mol. The second kappa shape index (κ2) is 7.20. The highest BCUT2D eigenvalue weighted by Crippen LogP contribution is 2.38. The van der Waals surface area contributed by atoms with Gasteiger partial charge in [0.15, 0.2) is 0 Å². The molecule has 3 aromatic heterocycles. The first-order valence-corrected chi connectivity index (χ1v) is 10.4. The highest BCUT2D eigenvalue weighted by molar-refractivity contribution is 5.62. The van der Waals surface area contributed by atoms with Crippen LogP contribution in [0.15, 0.2) is 35.4 Å². The van der Waals surface area contributed by atoms with Crippen LogP contribution in [0.1, 0.15) is 34.9 Å². The number of nitrogens with two attached hydrogens (primary N) is 1. The van der Waals surface area contributed by atoms with Crippen LogP contribution in [0, 0.1) is 31.1 Å². The van der Waals surface area contributed by atoms with Crippen molar-refractivity contribution < 1.29 is 0 Å². The van der Waals surface area contributed by atoms with Crippen LogP contribution >= 0.6 is 0 Å². The summed E-state index contributed by atoms with van der Waals surface area (Å²) in [4.78, 5) is 28.2. The summed E-state index contributed by atoms with van der Waals surface area (Å²) in [5, 5.41) is 9.35. The topological polar surface area (TPSA) is 114 Å². The monoisotopic (exact) mass is 413 g/mol. The van der Waals surface area contributed by atoms with Crippen molar-refractivity contribution in [2.24, 2.45) is 5.92 Å². The number of pyridine rings is 2. The van der Waals surface area contributed by atoms with Gasteiger partial charge in [-0.25, -0.2) is 15.0 Å². The minimum atomic E-state index is -0.00368. The molecule has 0 amide bonds. The summed E-state index contributed by atoms with van der Waals surface area (Å²) in [6.07, 6.45) is 2.46. The first-order valence-electron chi connectivity index (χ1n) is 10.4. The quantitative estimate of drug-likeness (QED) is 0.686. The molecule has 3 aromatic rings. The lowest BCUT2D eigenvalue weighted by molar-refractivity contribution is 0.280. The number of hydrogen-bond acceptors (Lipinski definition) is 7. The van der Waals surface area contributed by atoms with E-state index in [1.807, 2.05) is 24.5 Å². The van der Waals surface area contributed by atoms with E-state index in [2.05, 4.69) is 27.0 Å². The van der Waals surface area contributed by atoms with Crippen LogP contribution in [0.3, 0.4) is 0 Å². The number of aryl methyl sites for hydroxylation is 2. The molecule has 8 heteroatoms. The second-order valence-corrected chi connectivity index (χ2v) is 8.52. The molecule has 5 heterocycles. The van der Waals surface area contributed by atoms with Crippen LogP contribution in [0.5, 0.6) is 0 Å². The van der Waals surface area contributed by atoms with Crippen LogP contribution in [-0.2, 0) is 6.54 Å². The average Bonchev–Trinajstić information content (AvgIpc) is 2.74. The number of fused-ring (bicyclic) bond motifs is 4. The van der Waals surface area contributed by atoms with Gasteiger partial charge in [-0.1, -0.05) is 0 Å². The summed E-state index contributed by atoms with van der Waals surface area (Å²) in [7, 11) is 0. The fourth-order valence-corrected chi connectivity index (χ4v) is 4.97. The standard InChI is InChI=1S/C23H23N7O/c1-13-3-22(28-14(2)18(13)8-24)29-9-15-4-17(11-29)20-5-16(6-23(31)30(20)10-15)19-7-21(25)27-12-26-19/h3,5-7,12,15,17H,4,9-11H2,1-2H3,(H2,25,26,27)/t15-,17+/m0/s1. The molecule has 156 valence electrons. The van der Waals surface area contributed by atoms with E-state index in [9.17, 15) is 10.1 Å². The largest absolute Gasteiger partial charge is 0.384 e. The van der Waals surface area contributed by atoms with Gasteiger partial charge < -0.3 is 15.2 Å². The van der Waals surface area contributed by atoms with Crippen LogP contribution in [-0.4, -0.2) is 32.6 Å². The first-order chi connectivity index (χ1) is 14.9. The van der Waals surface area contributed by atoms with Crippen LogP contribution in [0.4, 0.5) is 11.6 Å². The van der Waals surface area contributed by atoms with Crippen LogP contribution < -0.4 is 16.2 Å². The van der Waals surface area contributed by atoms with Gasteiger partial charge in [-0.3, -0.25) is 4.79 Å². The van der Waals surface area contributed by atoms with Crippen molar-refractivity contribution in [2.45, 2.75) is 32.7 Å². The molecule has 0 unspecified atom stereocenters. The predicted molar refractivity (Wildman–Crippen MR) is 118 cm³/mol. The molecule has 2 aliphatic rings. The molecule has 1 fully saturated rings. The van der Waals surface area contributed by atoms with E-state index < -0.39 is 0 Å². The Morgan fingerprint density at radius 2 is 1.97 bits per heavy atom. The summed E-state index contributed by atoms with van der Waals surface area (Å²) in [5.41, 5.74) is 10.6. The van der Waals surface area contributed by atoms with Crippen molar-refractivity contribution in [1.82, 2.24) is 19.5 Å². The Bertz CT molecular complexity index is 1270. The zero-order chi connectivity index (χ0) is 21.7. The summed E-state index contributed by atoms with van der Waals surface area (Å²) >= 11 is 0. The number of nitriles is 1. The third-order valence-corrected chi connectivity index (χ3v) is 6.36. The molecule has 0 saturated carbocycles. The Kier molecular flexibility index (Phi) is 4.47. The molecule has 8 nitrogen and oxygen atoms in total. The van der Waals surface area contributed by atoms with Crippen molar-refractivity contribution in [3.05, 3.63) is 63.5 Å². The number of aromatic nitrogens is 4. The maximum Gasteiger partial charge on any atom is 0.251 e. The van der Waals surface area contributed by atoms with Gasteiger partial charge >= 0.3 is 0 Å². The van der Waals surface area contributed by atoms with Gasteiger partial charge in [0.1, 0.15) is 24.0 Å². The van der Waals surface area contributed by atoms with Gasteiger partial charge in [-0.05, 0) is 43.9 Å². The fraction of sp³-hybridized carbons (Fsp3) is 0.348. The molecule has 0 aliphatic carbocycles. The highest BCUT2D eigenvalue weighted by atomic mass is 16.1. The van der Waals surface area contributed by atoms with E-state index in [1.54, 1.807) is 12.1 Å². The summed E-state index contributed by atoms with van der Waals surface area (Å²) in [6.45, 7) is 6.17. The second-order valence-electron chi connectivity index (χ2n) is 8.52. The van der Waals surface area contributed by atoms with Gasteiger partial charge in [0.25, 0.3) is 5.56 Å². The van der Waals surface area contributed by atoms with Crippen molar-refractivity contribution in [2.75, 3.05) is 23.7 Å². The van der Waals surface area contributed by atoms with Crippen molar-refractivity contribution in [3.63, 3.8) is 0 Å². The summed E-state index contributed by atoms with van der Waals surface area (Å²) in [5.74, 6) is 1.88. The lowest BCUT2D eigenvalue weighted by Gasteiger charge is -2.43. The van der Waals surface area contributed by atoms with E-state index in [0.717, 1.165) is 47.8 Å². The Labute approximate surface area is 180 Å². The van der Waals surface area contributed by atoms with Gasteiger partial charge in [0, 0.05) is 48.9 Å². The number of nitrogen functional groups attached to an aromatic ring is 1. The molecule has 5 rings (SSSR count).